The van der Waals surface area contributed by atoms with Gasteiger partial charge in [0.05, 0.1) is 24.1 Å². The first kappa shape index (κ1) is 26.2. The van der Waals surface area contributed by atoms with Crippen LogP contribution in [0.3, 0.4) is 0 Å². The number of ketones is 1. The van der Waals surface area contributed by atoms with Gasteiger partial charge in [0.2, 0.25) is 10.0 Å². The zero-order chi connectivity index (χ0) is 26.0. The molecule has 0 fully saturated rings. The van der Waals surface area contributed by atoms with Gasteiger partial charge in [-0.25, -0.2) is 8.42 Å². The molecule has 7 heteroatoms. The third kappa shape index (κ3) is 5.02. The molecule has 1 unspecified atom stereocenters. The van der Waals surface area contributed by atoms with Gasteiger partial charge in [0.15, 0.2) is 5.78 Å². The number of nitrogens with zero attached hydrogens (tertiary/aromatic N) is 1. The third-order valence-electron chi connectivity index (χ3n) is 6.70. The molecule has 5 nitrogen and oxygen atoms in total. The molecule has 36 heavy (non-hydrogen) atoms. The van der Waals surface area contributed by atoms with E-state index in [4.69, 9.17) is 4.43 Å². The Morgan fingerprint density at radius 1 is 0.889 bits per heavy atom. The molecular weight excluding hydrogens is 486 g/mol. The van der Waals surface area contributed by atoms with Crippen LogP contribution in [0.2, 0.25) is 5.04 Å². The number of carbonyl (C=O) groups is 1. The highest BCUT2D eigenvalue weighted by atomic mass is 32.2. The molecule has 0 spiro atoms. The van der Waals surface area contributed by atoms with Gasteiger partial charge in [-0.3, -0.25) is 4.79 Å². The summed E-state index contributed by atoms with van der Waals surface area (Å²) in [5, 5.41) is 1.99. The van der Waals surface area contributed by atoms with E-state index in [1.165, 1.54) is 10.4 Å². The summed E-state index contributed by atoms with van der Waals surface area (Å²) in [6.07, 6.45) is 3.13. The Morgan fingerprint density at radius 2 is 1.42 bits per heavy atom. The van der Waals surface area contributed by atoms with Crippen LogP contribution in [0, 0.1) is 6.92 Å². The summed E-state index contributed by atoms with van der Waals surface area (Å²) in [6.45, 7) is 8.38. The summed E-state index contributed by atoms with van der Waals surface area (Å²) >= 11 is 0. The lowest BCUT2D eigenvalue weighted by Crippen LogP contribution is -2.67. The Bertz CT molecular complexity index is 1290. The van der Waals surface area contributed by atoms with Gasteiger partial charge in [-0.05, 0) is 40.5 Å². The topological polar surface area (TPSA) is 63.7 Å². The molecule has 188 valence electrons. The summed E-state index contributed by atoms with van der Waals surface area (Å²) in [7, 11) is -6.76. The summed E-state index contributed by atoms with van der Waals surface area (Å²) in [6, 6.07) is 26.6. The van der Waals surface area contributed by atoms with Crippen LogP contribution in [0.4, 0.5) is 0 Å². The van der Waals surface area contributed by atoms with Gasteiger partial charge in [0, 0.05) is 0 Å². The second-order valence-electron chi connectivity index (χ2n) is 10.2. The van der Waals surface area contributed by atoms with Crippen LogP contribution in [0.1, 0.15) is 26.3 Å². The Balaban J connectivity index is 1.76. The van der Waals surface area contributed by atoms with Crippen LogP contribution >= 0.6 is 0 Å². The van der Waals surface area contributed by atoms with E-state index >= 15 is 0 Å². The highest BCUT2D eigenvalue weighted by Crippen LogP contribution is 2.37. The number of benzene rings is 3. The van der Waals surface area contributed by atoms with Gasteiger partial charge in [0.25, 0.3) is 8.32 Å². The lowest BCUT2D eigenvalue weighted by molar-refractivity contribution is -0.115. The van der Waals surface area contributed by atoms with Crippen molar-refractivity contribution in [2.45, 2.75) is 43.7 Å². The summed E-state index contributed by atoms with van der Waals surface area (Å²) < 4.78 is 35.5. The van der Waals surface area contributed by atoms with E-state index in [2.05, 4.69) is 45.0 Å². The maximum atomic E-state index is 13.6. The molecule has 1 atom stereocenters. The fourth-order valence-electron chi connectivity index (χ4n) is 4.86. The predicted molar refractivity (Wildman–Crippen MR) is 147 cm³/mol. The third-order valence-corrected chi connectivity index (χ3v) is 13.6. The van der Waals surface area contributed by atoms with Crippen molar-refractivity contribution < 1.29 is 17.6 Å². The normalized spacial score (nSPS) is 17.3. The molecule has 3 aromatic rings. The first-order valence-corrected chi connectivity index (χ1v) is 15.4. The second-order valence-corrected chi connectivity index (χ2v) is 16.4. The van der Waals surface area contributed by atoms with E-state index in [0.717, 1.165) is 15.9 Å². The van der Waals surface area contributed by atoms with Gasteiger partial charge in [-0.15, -0.1) is 0 Å². The van der Waals surface area contributed by atoms with Crippen molar-refractivity contribution in [1.29, 1.82) is 0 Å². The van der Waals surface area contributed by atoms with Crippen LogP contribution in [0.25, 0.3) is 0 Å². The molecule has 0 aliphatic carbocycles. The smallest absolute Gasteiger partial charge is 0.261 e. The van der Waals surface area contributed by atoms with Gasteiger partial charge in [-0.2, -0.15) is 4.31 Å². The molecule has 4 rings (SSSR count). The van der Waals surface area contributed by atoms with Crippen molar-refractivity contribution in [3.8, 4) is 0 Å². The summed E-state index contributed by atoms with van der Waals surface area (Å²) in [5.41, 5.74) is 0.968. The molecule has 0 radical (unpaired) electrons. The molecule has 0 aromatic heterocycles. The largest absolute Gasteiger partial charge is 0.405 e. The van der Waals surface area contributed by atoms with Crippen molar-refractivity contribution in [3.63, 3.8) is 0 Å². The van der Waals surface area contributed by atoms with E-state index in [-0.39, 0.29) is 28.9 Å². The average Bonchev–Trinajstić information content (AvgIpc) is 2.86. The number of hydrogen-bond donors (Lipinski definition) is 0. The first-order valence-electron chi connectivity index (χ1n) is 12.1. The number of aryl methyl sites for hydroxylation is 1. The molecule has 0 bridgehead atoms. The molecule has 3 aromatic carbocycles. The number of sulfonamides is 1. The van der Waals surface area contributed by atoms with Gasteiger partial charge in [-0.1, -0.05) is 105 Å². The van der Waals surface area contributed by atoms with E-state index in [0.29, 0.717) is 0 Å². The van der Waals surface area contributed by atoms with Crippen molar-refractivity contribution in [2.75, 3.05) is 13.2 Å². The van der Waals surface area contributed by atoms with Crippen molar-refractivity contribution in [2.24, 2.45) is 0 Å². The van der Waals surface area contributed by atoms with Crippen LogP contribution in [0.15, 0.2) is 102 Å². The van der Waals surface area contributed by atoms with Crippen LogP contribution in [0.5, 0.6) is 0 Å². The predicted octanol–water partition coefficient (Wildman–Crippen LogP) is 4.07. The molecule has 1 aliphatic heterocycles. The van der Waals surface area contributed by atoms with Crippen LogP contribution in [-0.2, 0) is 19.2 Å². The zero-order valence-corrected chi connectivity index (χ0v) is 23.0. The quantitative estimate of drug-likeness (QED) is 0.442. The number of rotatable bonds is 7. The van der Waals surface area contributed by atoms with E-state index < -0.39 is 24.4 Å². The average molecular weight is 520 g/mol. The number of carbonyl (C=O) groups excluding carboxylic acids is 1. The number of hydrogen-bond acceptors (Lipinski definition) is 4. The molecular formula is C29H33NO4SSi. The lowest BCUT2D eigenvalue weighted by atomic mass is 10.2. The highest BCUT2D eigenvalue weighted by Gasteiger charge is 2.51. The van der Waals surface area contributed by atoms with Crippen molar-refractivity contribution in [3.05, 3.63) is 103 Å². The first-order chi connectivity index (χ1) is 17.1. The van der Waals surface area contributed by atoms with Gasteiger partial charge >= 0.3 is 0 Å². The maximum absolute atomic E-state index is 13.6. The van der Waals surface area contributed by atoms with Gasteiger partial charge in [0.1, 0.15) is 0 Å². The standard InChI is InChI=1S/C29H33NO4SSi/c1-23-15-19-26(20-16-23)35(32,33)30-21-25(31)18-17-24(30)22-34-36(29(2,3)4,27-11-7-5-8-12-27)28-13-9-6-10-14-28/h5-20,24H,21-22H2,1-4H3. The van der Waals surface area contributed by atoms with E-state index in [1.807, 2.05) is 43.3 Å². The highest BCUT2D eigenvalue weighted by molar-refractivity contribution is 7.89. The Labute approximate surface area is 215 Å². The van der Waals surface area contributed by atoms with Crippen molar-refractivity contribution >= 4 is 34.5 Å². The lowest BCUT2D eigenvalue weighted by Gasteiger charge is -2.44. The molecule has 0 saturated carbocycles. The molecule has 1 aliphatic rings. The maximum Gasteiger partial charge on any atom is 0.261 e. The minimum Gasteiger partial charge on any atom is -0.405 e. The molecule has 0 N–H and O–H groups in total. The van der Waals surface area contributed by atoms with Gasteiger partial charge < -0.3 is 4.43 Å². The minimum atomic E-state index is -3.90. The fourth-order valence-corrected chi connectivity index (χ4v) is 11.0. The Morgan fingerprint density at radius 3 is 1.92 bits per heavy atom. The van der Waals surface area contributed by atoms with E-state index in [9.17, 15) is 13.2 Å². The second kappa shape index (κ2) is 10.3. The summed E-state index contributed by atoms with van der Waals surface area (Å²) in [4.78, 5) is 12.5. The van der Waals surface area contributed by atoms with E-state index in [1.54, 1.807) is 30.3 Å². The van der Waals surface area contributed by atoms with Crippen LogP contribution in [-0.4, -0.2) is 46.0 Å². The molecule has 0 amide bonds. The summed E-state index contributed by atoms with van der Waals surface area (Å²) in [5.74, 6) is -0.243. The Hall–Kier alpha value is -2.84. The van der Waals surface area contributed by atoms with Crippen LogP contribution < -0.4 is 10.4 Å². The molecule has 0 saturated heterocycles. The fraction of sp³-hybridized carbons (Fsp3) is 0.276. The Kier molecular flexibility index (Phi) is 7.48. The zero-order valence-electron chi connectivity index (χ0n) is 21.2. The molecule has 1 heterocycles. The van der Waals surface area contributed by atoms with Crippen molar-refractivity contribution in [1.82, 2.24) is 4.31 Å². The minimum absolute atomic E-state index is 0.141. The SMILES string of the molecule is Cc1ccc(S(=O)(=O)N2CC(=O)C=CC2CO[Si](c2ccccc2)(c2ccccc2)C(C)(C)C)cc1. The monoisotopic (exact) mass is 519 g/mol.